The van der Waals surface area contributed by atoms with Gasteiger partial charge in [0.1, 0.15) is 5.75 Å². The van der Waals surface area contributed by atoms with E-state index in [0.717, 1.165) is 30.6 Å². The van der Waals surface area contributed by atoms with Gasteiger partial charge in [-0.05, 0) is 30.4 Å². The Morgan fingerprint density at radius 3 is 2.93 bits per heavy atom. The fourth-order valence-corrected chi connectivity index (χ4v) is 2.24. The van der Waals surface area contributed by atoms with Crippen molar-refractivity contribution in [3.63, 3.8) is 0 Å². The first-order valence-electron chi connectivity index (χ1n) is 5.12. The Bertz CT molecular complexity index is 396. The molecule has 0 saturated heterocycles. The zero-order chi connectivity index (χ0) is 10.8. The normalized spacial score (nSPS) is 13.7. The highest BCUT2D eigenvalue weighted by Gasteiger charge is 2.19. The van der Waals surface area contributed by atoms with Gasteiger partial charge < -0.3 is 9.84 Å². The molecule has 1 aromatic carbocycles. The van der Waals surface area contributed by atoms with Crippen LogP contribution in [0.1, 0.15) is 23.1 Å². The molecular weight excluding hydrogens is 192 g/mol. The van der Waals surface area contributed by atoms with Crippen LogP contribution >= 0.6 is 0 Å². The molecule has 1 aliphatic carbocycles. The Morgan fingerprint density at radius 2 is 2.27 bits per heavy atom. The van der Waals surface area contributed by atoms with Gasteiger partial charge in [-0.2, -0.15) is 0 Å². The largest absolute Gasteiger partial charge is 0.496 e. The van der Waals surface area contributed by atoms with Crippen molar-refractivity contribution in [2.75, 3.05) is 7.11 Å². The number of rotatable bonds is 3. The fraction of sp³-hybridized carbons (Fsp3) is 0.417. The third-order valence-electron chi connectivity index (χ3n) is 2.86. The first-order valence-corrected chi connectivity index (χ1v) is 5.12. The second-order valence-corrected chi connectivity index (χ2v) is 3.82. The van der Waals surface area contributed by atoms with Gasteiger partial charge in [-0.15, -0.1) is 0 Å². The molecule has 0 heterocycles. The summed E-state index contributed by atoms with van der Waals surface area (Å²) in [4.78, 5) is 10.7. The number of carbonyl (C=O) groups is 1. The molecule has 1 aromatic rings. The van der Waals surface area contributed by atoms with Crippen LogP contribution in [0.15, 0.2) is 12.1 Å². The molecule has 0 atom stereocenters. The summed E-state index contributed by atoms with van der Waals surface area (Å²) in [5.41, 5.74) is 3.29. The van der Waals surface area contributed by atoms with Crippen molar-refractivity contribution < 1.29 is 14.6 Å². The first kappa shape index (κ1) is 10.0. The lowest BCUT2D eigenvalue weighted by atomic mass is 10.0. The summed E-state index contributed by atoms with van der Waals surface area (Å²) in [6, 6.07) is 3.90. The Hall–Kier alpha value is -1.51. The smallest absolute Gasteiger partial charge is 0.307 e. The highest BCUT2D eigenvalue weighted by Crippen LogP contribution is 2.33. The van der Waals surface area contributed by atoms with Crippen LogP contribution < -0.4 is 4.74 Å². The second kappa shape index (κ2) is 3.93. The number of aliphatic carboxylic acids is 1. The maximum atomic E-state index is 10.7. The molecule has 0 bridgehead atoms. The highest BCUT2D eigenvalue weighted by atomic mass is 16.5. The van der Waals surface area contributed by atoms with Gasteiger partial charge in [-0.3, -0.25) is 4.79 Å². The molecule has 0 unspecified atom stereocenters. The minimum atomic E-state index is -0.814. The van der Waals surface area contributed by atoms with Gasteiger partial charge in [0.25, 0.3) is 0 Å². The van der Waals surface area contributed by atoms with Crippen molar-refractivity contribution in [2.24, 2.45) is 0 Å². The van der Waals surface area contributed by atoms with E-state index in [1.807, 2.05) is 12.1 Å². The number of benzene rings is 1. The topological polar surface area (TPSA) is 46.5 Å². The maximum Gasteiger partial charge on any atom is 0.307 e. The molecule has 0 aromatic heterocycles. The van der Waals surface area contributed by atoms with E-state index in [0.29, 0.717) is 0 Å². The van der Waals surface area contributed by atoms with E-state index >= 15 is 0 Å². The lowest BCUT2D eigenvalue weighted by Crippen LogP contribution is -2.04. The quantitative estimate of drug-likeness (QED) is 0.820. The second-order valence-electron chi connectivity index (χ2n) is 3.82. The third-order valence-corrected chi connectivity index (χ3v) is 2.86. The van der Waals surface area contributed by atoms with E-state index in [1.54, 1.807) is 7.11 Å². The van der Waals surface area contributed by atoms with Gasteiger partial charge in [0.15, 0.2) is 0 Å². The predicted molar refractivity (Wildman–Crippen MR) is 56.4 cm³/mol. The van der Waals surface area contributed by atoms with Crippen molar-refractivity contribution in [3.8, 4) is 5.75 Å². The molecule has 1 aliphatic rings. The van der Waals surface area contributed by atoms with Crippen LogP contribution in [0.3, 0.4) is 0 Å². The number of hydrogen-bond acceptors (Lipinski definition) is 2. The van der Waals surface area contributed by atoms with Gasteiger partial charge in [-0.25, -0.2) is 0 Å². The molecule has 2 rings (SSSR count). The van der Waals surface area contributed by atoms with E-state index in [2.05, 4.69) is 0 Å². The van der Waals surface area contributed by atoms with Crippen molar-refractivity contribution in [2.45, 2.75) is 25.7 Å². The number of methoxy groups -OCH3 is 1. The molecule has 15 heavy (non-hydrogen) atoms. The van der Waals surface area contributed by atoms with Crippen molar-refractivity contribution >= 4 is 5.97 Å². The minimum absolute atomic E-state index is 0.0381. The molecule has 3 nitrogen and oxygen atoms in total. The van der Waals surface area contributed by atoms with Gasteiger partial charge in [0.2, 0.25) is 0 Å². The summed E-state index contributed by atoms with van der Waals surface area (Å²) in [6.07, 6.45) is 3.27. The molecule has 0 spiro atoms. The number of ether oxygens (including phenoxy) is 1. The predicted octanol–water partition coefficient (Wildman–Crippen LogP) is 1.81. The van der Waals surface area contributed by atoms with Gasteiger partial charge in [-0.1, -0.05) is 12.1 Å². The Balaban J connectivity index is 2.43. The number of aryl methyl sites for hydroxylation is 1. The highest BCUT2D eigenvalue weighted by molar-refractivity contribution is 5.72. The Kier molecular flexibility index (Phi) is 2.62. The summed E-state index contributed by atoms with van der Waals surface area (Å²) >= 11 is 0. The molecular formula is C12H14O3. The van der Waals surface area contributed by atoms with Crippen molar-refractivity contribution in [1.29, 1.82) is 0 Å². The van der Waals surface area contributed by atoms with Crippen LogP contribution in [0.2, 0.25) is 0 Å². The van der Waals surface area contributed by atoms with Crippen molar-refractivity contribution in [1.82, 2.24) is 0 Å². The molecule has 0 radical (unpaired) electrons. The van der Waals surface area contributed by atoms with E-state index in [-0.39, 0.29) is 6.42 Å². The van der Waals surface area contributed by atoms with E-state index in [9.17, 15) is 4.79 Å². The van der Waals surface area contributed by atoms with E-state index in [4.69, 9.17) is 9.84 Å². The summed E-state index contributed by atoms with van der Waals surface area (Å²) < 4.78 is 5.33. The van der Waals surface area contributed by atoms with Crippen LogP contribution in [0, 0.1) is 0 Å². The van der Waals surface area contributed by atoms with Crippen molar-refractivity contribution in [3.05, 3.63) is 28.8 Å². The number of fused-ring (bicyclic) bond motifs is 1. The van der Waals surface area contributed by atoms with Crippen LogP contribution in [-0.4, -0.2) is 18.2 Å². The zero-order valence-corrected chi connectivity index (χ0v) is 8.75. The lowest BCUT2D eigenvalue weighted by molar-refractivity contribution is -0.136. The third kappa shape index (κ3) is 1.82. The first-order chi connectivity index (χ1) is 7.22. The summed E-state index contributed by atoms with van der Waals surface area (Å²) in [6.45, 7) is 0. The monoisotopic (exact) mass is 206 g/mol. The molecule has 0 saturated carbocycles. The molecule has 0 amide bonds. The van der Waals surface area contributed by atoms with Crippen LogP contribution in [0.4, 0.5) is 0 Å². The summed E-state index contributed by atoms with van der Waals surface area (Å²) in [5.74, 6) is -0.0290. The van der Waals surface area contributed by atoms with E-state index < -0.39 is 5.97 Å². The molecule has 0 fully saturated rings. The van der Waals surface area contributed by atoms with E-state index in [1.165, 1.54) is 11.1 Å². The summed E-state index contributed by atoms with van der Waals surface area (Å²) in [5, 5.41) is 8.78. The summed E-state index contributed by atoms with van der Waals surface area (Å²) in [7, 11) is 1.61. The Labute approximate surface area is 88.7 Å². The minimum Gasteiger partial charge on any atom is -0.496 e. The zero-order valence-electron chi connectivity index (χ0n) is 8.75. The standard InChI is InChI=1S/C12H14O3/c1-15-12-9(7-11(13)14)6-5-8-3-2-4-10(8)12/h5-6H,2-4,7H2,1H3,(H,13,14). The van der Waals surface area contributed by atoms with Crippen LogP contribution in [0.5, 0.6) is 5.75 Å². The Morgan fingerprint density at radius 1 is 1.47 bits per heavy atom. The molecule has 3 heteroatoms. The SMILES string of the molecule is COc1c(CC(=O)O)ccc2c1CCC2. The molecule has 80 valence electrons. The lowest BCUT2D eigenvalue weighted by Gasteiger charge is -2.11. The molecule has 0 aliphatic heterocycles. The van der Waals surface area contributed by atoms with Gasteiger partial charge in [0, 0.05) is 5.56 Å². The number of carboxylic acid groups (broad SMARTS) is 1. The maximum absolute atomic E-state index is 10.7. The van der Waals surface area contributed by atoms with Gasteiger partial charge >= 0.3 is 5.97 Å². The van der Waals surface area contributed by atoms with Gasteiger partial charge in [0.05, 0.1) is 13.5 Å². The average Bonchev–Trinajstić information content (AvgIpc) is 2.64. The number of hydrogen-bond donors (Lipinski definition) is 1. The van der Waals surface area contributed by atoms with Crippen LogP contribution in [-0.2, 0) is 24.1 Å². The van der Waals surface area contributed by atoms with Crippen LogP contribution in [0.25, 0.3) is 0 Å². The number of carboxylic acids is 1. The fourth-order valence-electron chi connectivity index (χ4n) is 2.24. The molecule has 1 N–H and O–H groups in total. The average molecular weight is 206 g/mol.